The number of hydrogen-bond donors (Lipinski definition) is 2. The van der Waals surface area contributed by atoms with E-state index in [-0.39, 0.29) is 18.0 Å². The smallest absolute Gasteiger partial charge is 0.240 e. The number of piperidine rings is 1. The molecule has 1 N–H and O–H groups in total. The average molecular weight is 373 g/mol. The van der Waals surface area contributed by atoms with E-state index < -0.39 is 20.9 Å². The first-order chi connectivity index (χ1) is 11.4. The van der Waals surface area contributed by atoms with Gasteiger partial charge in [0.1, 0.15) is 12.4 Å². The van der Waals surface area contributed by atoms with Crippen LogP contribution in [0.3, 0.4) is 0 Å². The van der Waals surface area contributed by atoms with Gasteiger partial charge in [-0.1, -0.05) is 18.2 Å². The van der Waals surface area contributed by atoms with Crippen LogP contribution in [0.2, 0.25) is 0 Å². The highest BCUT2D eigenvalue weighted by atomic mass is 32.2. The maximum absolute atomic E-state index is 12.1. The van der Waals surface area contributed by atoms with E-state index >= 15 is 0 Å². The minimum Gasteiger partial charge on any atom is -0.368 e. The first-order valence-corrected chi connectivity index (χ1v) is 9.83. The number of carbonyl (C=O) groups excluding carboxylic acids is 1. The minimum absolute atomic E-state index is 0.103. The van der Waals surface area contributed by atoms with Gasteiger partial charge in [0, 0.05) is 11.3 Å². The number of nitrogens with one attached hydrogen (secondary N) is 1. The molecule has 6 nitrogen and oxygen atoms in total. The summed E-state index contributed by atoms with van der Waals surface area (Å²) in [6, 6.07) is 8.14. The van der Waals surface area contributed by atoms with Crippen molar-refractivity contribution in [3.05, 3.63) is 30.3 Å². The van der Waals surface area contributed by atoms with Crippen molar-refractivity contribution in [3.63, 3.8) is 0 Å². The van der Waals surface area contributed by atoms with E-state index in [1.165, 1.54) is 12.1 Å². The molecule has 1 unspecified atom stereocenters. The fourth-order valence-electron chi connectivity index (χ4n) is 2.66. The molecule has 1 saturated heterocycles. The maximum Gasteiger partial charge on any atom is 0.240 e. The Morgan fingerprint density at radius 3 is 2.54 bits per heavy atom. The Morgan fingerprint density at radius 1 is 1.33 bits per heavy atom. The van der Waals surface area contributed by atoms with Crippen molar-refractivity contribution in [1.82, 2.24) is 9.62 Å². The SMILES string of the molecule is CN1CCC(S)(C(C=O)OCCNS(=O)(=O)c2ccccc2)CC1. The zero-order chi connectivity index (χ0) is 17.6. The van der Waals surface area contributed by atoms with Gasteiger partial charge in [0.2, 0.25) is 10.0 Å². The number of aldehydes is 1. The molecule has 1 atom stereocenters. The quantitative estimate of drug-likeness (QED) is 0.404. The van der Waals surface area contributed by atoms with Crippen molar-refractivity contribution in [2.75, 3.05) is 33.3 Å². The van der Waals surface area contributed by atoms with E-state index in [9.17, 15) is 13.2 Å². The van der Waals surface area contributed by atoms with Gasteiger partial charge in [0.25, 0.3) is 0 Å². The molecular weight excluding hydrogens is 348 g/mol. The van der Waals surface area contributed by atoms with Gasteiger partial charge in [0.15, 0.2) is 0 Å². The van der Waals surface area contributed by atoms with Gasteiger partial charge >= 0.3 is 0 Å². The first-order valence-electron chi connectivity index (χ1n) is 7.90. The molecule has 8 heteroatoms. The molecule has 1 heterocycles. The zero-order valence-electron chi connectivity index (χ0n) is 13.7. The molecule has 0 radical (unpaired) electrons. The lowest BCUT2D eigenvalue weighted by molar-refractivity contribution is -0.120. The summed E-state index contributed by atoms with van der Waals surface area (Å²) < 4.78 is 31.8. The van der Waals surface area contributed by atoms with Crippen molar-refractivity contribution in [1.29, 1.82) is 0 Å². The second kappa shape index (κ2) is 8.44. The highest BCUT2D eigenvalue weighted by Crippen LogP contribution is 2.32. The molecule has 0 bridgehead atoms. The summed E-state index contributed by atoms with van der Waals surface area (Å²) in [5.41, 5.74) is 0. The standard InChI is InChI=1S/C16H24N2O4S2/c1-18-10-7-16(23,8-11-18)15(13-19)22-12-9-17-24(20,21)14-5-3-2-4-6-14/h2-6,13,15,17,23H,7-12H2,1H3. The summed E-state index contributed by atoms with van der Waals surface area (Å²) in [5.74, 6) is 0. The topological polar surface area (TPSA) is 75.7 Å². The number of nitrogens with zero attached hydrogens (tertiary/aromatic N) is 1. The summed E-state index contributed by atoms with van der Waals surface area (Å²) in [4.78, 5) is 13.8. The summed E-state index contributed by atoms with van der Waals surface area (Å²) in [5, 5.41) is 0. The lowest BCUT2D eigenvalue weighted by atomic mass is 9.90. The number of rotatable bonds is 8. The van der Waals surface area contributed by atoms with Gasteiger partial charge < -0.3 is 14.4 Å². The molecule has 0 aliphatic carbocycles. The minimum atomic E-state index is -3.56. The normalized spacial score (nSPS) is 19.8. The van der Waals surface area contributed by atoms with Crippen molar-refractivity contribution in [2.45, 2.75) is 28.6 Å². The third kappa shape index (κ3) is 5.03. The van der Waals surface area contributed by atoms with Gasteiger partial charge in [-0.2, -0.15) is 12.6 Å². The van der Waals surface area contributed by atoms with Crippen LogP contribution >= 0.6 is 12.6 Å². The third-order valence-electron chi connectivity index (χ3n) is 4.25. The molecule has 0 saturated carbocycles. The van der Waals surface area contributed by atoms with Crippen molar-refractivity contribution in [2.24, 2.45) is 0 Å². The van der Waals surface area contributed by atoms with Crippen LogP contribution in [0.1, 0.15) is 12.8 Å². The fourth-order valence-corrected chi connectivity index (χ4v) is 4.03. The van der Waals surface area contributed by atoms with Crippen LogP contribution in [-0.2, 0) is 19.6 Å². The van der Waals surface area contributed by atoms with Crippen molar-refractivity contribution >= 4 is 28.9 Å². The lowest BCUT2D eigenvalue weighted by Gasteiger charge is -2.40. The van der Waals surface area contributed by atoms with E-state index in [2.05, 4.69) is 22.3 Å². The maximum atomic E-state index is 12.1. The molecule has 1 aliphatic rings. The Labute approximate surface area is 149 Å². The molecule has 1 aliphatic heterocycles. The summed E-state index contributed by atoms with van der Waals surface area (Å²) in [7, 11) is -1.53. The van der Waals surface area contributed by atoms with Crippen molar-refractivity contribution in [3.8, 4) is 0 Å². The molecule has 0 spiro atoms. The van der Waals surface area contributed by atoms with Crippen LogP contribution in [0, 0.1) is 0 Å². The van der Waals surface area contributed by atoms with Gasteiger partial charge in [-0.15, -0.1) is 0 Å². The zero-order valence-corrected chi connectivity index (χ0v) is 15.4. The van der Waals surface area contributed by atoms with Gasteiger partial charge in [-0.25, -0.2) is 13.1 Å². The molecule has 1 aromatic carbocycles. The van der Waals surface area contributed by atoms with E-state index in [1.54, 1.807) is 18.2 Å². The van der Waals surface area contributed by atoms with Crippen LogP contribution in [-0.4, -0.2) is 63.7 Å². The largest absolute Gasteiger partial charge is 0.368 e. The highest BCUT2D eigenvalue weighted by Gasteiger charge is 2.38. The number of thiol groups is 1. The Hall–Kier alpha value is -0.930. The van der Waals surface area contributed by atoms with Gasteiger partial charge in [-0.05, 0) is 45.1 Å². The molecule has 24 heavy (non-hydrogen) atoms. The lowest BCUT2D eigenvalue weighted by Crippen LogP contribution is -2.49. The second-order valence-corrected chi connectivity index (χ2v) is 8.70. The Balaban J connectivity index is 1.83. The summed E-state index contributed by atoms with van der Waals surface area (Å²) >= 11 is 4.66. The van der Waals surface area contributed by atoms with E-state index in [0.717, 1.165) is 32.2 Å². The van der Waals surface area contributed by atoms with Crippen LogP contribution in [0.5, 0.6) is 0 Å². The van der Waals surface area contributed by atoms with Crippen LogP contribution in [0.4, 0.5) is 0 Å². The molecule has 1 fully saturated rings. The highest BCUT2D eigenvalue weighted by molar-refractivity contribution is 7.89. The first kappa shape index (κ1) is 19.4. The van der Waals surface area contributed by atoms with E-state index in [1.807, 2.05) is 7.05 Å². The molecule has 1 aromatic rings. The third-order valence-corrected chi connectivity index (χ3v) is 6.43. The predicted molar refractivity (Wildman–Crippen MR) is 95.9 cm³/mol. The van der Waals surface area contributed by atoms with Crippen LogP contribution < -0.4 is 4.72 Å². The van der Waals surface area contributed by atoms with Crippen LogP contribution in [0.15, 0.2) is 35.2 Å². The van der Waals surface area contributed by atoms with E-state index in [4.69, 9.17) is 4.74 Å². The fraction of sp³-hybridized carbons (Fsp3) is 0.562. The number of likely N-dealkylation sites (tertiary alicyclic amines) is 1. The molecule has 134 valence electrons. The number of hydrogen-bond acceptors (Lipinski definition) is 6. The summed E-state index contributed by atoms with van der Waals surface area (Å²) in [6.07, 6.45) is 1.64. The molecule has 0 amide bonds. The number of ether oxygens (including phenoxy) is 1. The average Bonchev–Trinajstić information content (AvgIpc) is 2.58. The molecular formula is C16H24N2O4S2. The summed E-state index contributed by atoms with van der Waals surface area (Å²) in [6.45, 7) is 1.94. The second-order valence-electron chi connectivity index (χ2n) is 6.05. The Bertz CT molecular complexity index is 629. The van der Waals surface area contributed by atoms with Crippen molar-refractivity contribution < 1.29 is 17.9 Å². The van der Waals surface area contributed by atoms with Gasteiger partial charge in [-0.3, -0.25) is 0 Å². The van der Waals surface area contributed by atoms with E-state index in [0.29, 0.717) is 0 Å². The Kier molecular flexibility index (Phi) is 6.82. The monoisotopic (exact) mass is 372 g/mol. The number of carbonyl (C=O) groups is 1. The van der Waals surface area contributed by atoms with Gasteiger partial charge in [0.05, 0.1) is 11.5 Å². The Morgan fingerprint density at radius 2 is 1.96 bits per heavy atom. The number of benzene rings is 1. The molecule has 2 rings (SSSR count). The predicted octanol–water partition coefficient (Wildman–Crippen LogP) is 0.943. The van der Waals surface area contributed by atoms with Crippen LogP contribution in [0.25, 0.3) is 0 Å². The molecule has 0 aromatic heterocycles. The number of sulfonamides is 1.